The van der Waals surface area contributed by atoms with Crippen LogP contribution < -0.4 is 10.6 Å². The van der Waals surface area contributed by atoms with E-state index in [9.17, 15) is 19.2 Å². The third-order valence-electron chi connectivity index (χ3n) is 5.08. The van der Waals surface area contributed by atoms with Crippen molar-refractivity contribution in [3.05, 3.63) is 86.5 Å². The van der Waals surface area contributed by atoms with Crippen LogP contribution in [0.1, 0.15) is 17.0 Å². The average molecular weight is 500 g/mol. The van der Waals surface area contributed by atoms with Crippen LogP contribution in [0.15, 0.2) is 69.6 Å². The zero-order chi connectivity index (χ0) is 23.6. The highest BCUT2D eigenvalue weighted by Gasteiger charge is 2.43. The fourth-order valence-corrected chi connectivity index (χ4v) is 4.07. The van der Waals surface area contributed by atoms with Gasteiger partial charge in [-0.3, -0.25) is 4.90 Å². The number of benzene rings is 2. The van der Waals surface area contributed by atoms with E-state index < -0.39 is 23.7 Å². The largest absolute Gasteiger partial charge is 0.466 e. The number of hydrogen-bond acceptors (Lipinski definition) is 7. The number of nitrogens with zero attached hydrogens (tertiary/aromatic N) is 2. The summed E-state index contributed by atoms with van der Waals surface area (Å²) in [6.45, 7) is 1.54. The summed E-state index contributed by atoms with van der Waals surface area (Å²) in [6, 6.07) is 13.4. The summed E-state index contributed by atoms with van der Waals surface area (Å²) in [5.74, 6) is -3.26. The molecule has 0 bridgehead atoms. The van der Waals surface area contributed by atoms with Gasteiger partial charge in [0.05, 0.1) is 43.0 Å². The third kappa shape index (κ3) is 3.85. The van der Waals surface area contributed by atoms with Crippen LogP contribution in [0.25, 0.3) is 0 Å². The maximum atomic E-state index is 14.1. The predicted octanol–water partition coefficient (Wildman–Crippen LogP) is 3.79. The summed E-state index contributed by atoms with van der Waals surface area (Å²) in [5.41, 5.74) is 7.17. The van der Waals surface area contributed by atoms with Crippen molar-refractivity contribution in [2.24, 2.45) is 5.73 Å². The molecule has 3 rings (SSSR count). The summed E-state index contributed by atoms with van der Waals surface area (Å²) in [4.78, 5) is 27.2. The molecular formula is C23H19BrFN3O4. The number of esters is 2. The van der Waals surface area contributed by atoms with Gasteiger partial charge >= 0.3 is 11.9 Å². The van der Waals surface area contributed by atoms with Gasteiger partial charge in [0.2, 0.25) is 0 Å². The van der Waals surface area contributed by atoms with Crippen molar-refractivity contribution < 1.29 is 23.5 Å². The number of rotatable bonds is 4. The van der Waals surface area contributed by atoms with Crippen LogP contribution in [0.3, 0.4) is 0 Å². The van der Waals surface area contributed by atoms with Crippen molar-refractivity contribution in [1.29, 1.82) is 5.26 Å². The molecule has 1 atom stereocenters. The Morgan fingerprint density at radius 1 is 1.16 bits per heavy atom. The lowest BCUT2D eigenvalue weighted by Crippen LogP contribution is -2.41. The first-order valence-electron chi connectivity index (χ1n) is 9.38. The molecule has 2 aromatic rings. The van der Waals surface area contributed by atoms with Gasteiger partial charge < -0.3 is 15.2 Å². The topological polar surface area (TPSA) is 106 Å². The molecule has 0 radical (unpaired) electrons. The van der Waals surface area contributed by atoms with E-state index in [-0.39, 0.29) is 38.4 Å². The fraction of sp³-hybridized carbons (Fsp3) is 0.174. The number of anilines is 1. The number of halogens is 2. The lowest BCUT2D eigenvalue weighted by molar-refractivity contribution is -0.139. The Hall–Kier alpha value is -3.64. The van der Waals surface area contributed by atoms with Crippen LogP contribution >= 0.6 is 15.9 Å². The summed E-state index contributed by atoms with van der Waals surface area (Å²) < 4.78 is 24.3. The molecular weight excluding hydrogens is 481 g/mol. The molecule has 2 aromatic carbocycles. The Bertz CT molecular complexity index is 1200. The molecule has 1 aliphatic rings. The summed E-state index contributed by atoms with van der Waals surface area (Å²) in [6.07, 6.45) is 0. The summed E-state index contributed by atoms with van der Waals surface area (Å²) in [5, 5.41) is 10.0. The highest BCUT2D eigenvalue weighted by Crippen LogP contribution is 2.45. The second kappa shape index (κ2) is 9.24. The van der Waals surface area contributed by atoms with E-state index in [0.29, 0.717) is 5.56 Å². The van der Waals surface area contributed by atoms with Crippen LogP contribution in [0.2, 0.25) is 0 Å². The molecule has 1 unspecified atom stereocenters. The molecule has 0 saturated carbocycles. The minimum atomic E-state index is -0.973. The molecule has 0 fully saturated rings. The van der Waals surface area contributed by atoms with Crippen molar-refractivity contribution in [3.8, 4) is 6.07 Å². The second-order valence-corrected chi connectivity index (χ2v) is 7.74. The van der Waals surface area contributed by atoms with Crippen LogP contribution in [0, 0.1) is 24.1 Å². The lowest BCUT2D eigenvalue weighted by atomic mass is 9.81. The molecule has 1 heterocycles. The standard InChI is InChI=1S/C23H19BrFN3O4/c1-12-9-17(15(24)10-16(12)25)28-20(23(30)32-3)19(22(29)31-2)18(14(11-26)21(28)27)13-7-5-4-6-8-13/h4-10,18H,27H2,1-3H3. The molecule has 32 heavy (non-hydrogen) atoms. The quantitative estimate of drug-likeness (QED) is 0.637. The van der Waals surface area contributed by atoms with Gasteiger partial charge in [-0.1, -0.05) is 30.3 Å². The molecule has 1 aliphatic heterocycles. The Morgan fingerprint density at radius 2 is 1.78 bits per heavy atom. The number of ether oxygens (including phenoxy) is 2. The van der Waals surface area contributed by atoms with Gasteiger partial charge in [-0.2, -0.15) is 5.26 Å². The van der Waals surface area contributed by atoms with E-state index in [1.54, 1.807) is 30.3 Å². The molecule has 0 saturated heterocycles. The highest BCUT2D eigenvalue weighted by atomic mass is 79.9. The van der Waals surface area contributed by atoms with Gasteiger partial charge in [0, 0.05) is 4.47 Å². The third-order valence-corrected chi connectivity index (χ3v) is 5.71. The van der Waals surface area contributed by atoms with Gasteiger partial charge in [0.1, 0.15) is 17.3 Å². The van der Waals surface area contributed by atoms with Gasteiger partial charge in [-0.25, -0.2) is 14.0 Å². The zero-order valence-corrected chi connectivity index (χ0v) is 19.1. The highest BCUT2D eigenvalue weighted by molar-refractivity contribution is 9.10. The van der Waals surface area contributed by atoms with Gasteiger partial charge in [0.25, 0.3) is 0 Å². The number of carbonyl (C=O) groups excluding carboxylic acids is 2. The number of nitrogens with two attached hydrogens (primary N) is 1. The summed E-state index contributed by atoms with van der Waals surface area (Å²) >= 11 is 3.29. The average Bonchev–Trinajstić information content (AvgIpc) is 2.80. The Morgan fingerprint density at radius 3 is 2.34 bits per heavy atom. The predicted molar refractivity (Wildman–Crippen MR) is 118 cm³/mol. The summed E-state index contributed by atoms with van der Waals surface area (Å²) in [7, 11) is 2.33. The second-order valence-electron chi connectivity index (χ2n) is 6.89. The SMILES string of the molecule is COC(=O)C1=C(C(=O)OC)N(c2cc(C)c(F)cc2Br)C(N)=C(C#N)C1c1ccccc1. The maximum Gasteiger partial charge on any atom is 0.355 e. The van der Waals surface area contributed by atoms with Gasteiger partial charge in [-0.15, -0.1) is 0 Å². The molecule has 7 nitrogen and oxygen atoms in total. The molecule has 2 N–H and O–H groups in total. The number of methoxy groups -OCH3 is 2. The molecule has 164 valence electrons. The molecule has 0 aromatic heterocycles. The number of aryl methyl sites for hydroxylation is 1. The Labute approximate surface area is 192 Å². The van der Waals surface area contributed by atoms with Crippen molar-refractivity contribution in [2.45, 2.75) is 12.8 Å². The van der Waals surface area contributed by atoms with Gasteiger partial charge in [0.15, 0.2) is 0 Å². The van der Waals surface area contributed by atoms with Crippen LogP contribution in [0.5, 0.6) is 0 Å². The first kappa shape index (κ1) is 23.0. The lowest BCUT2D eigenvalue weighted by Gasteiger charge is -2.36. The number of hydrogen-bond donors (Lipinski definition) is 1. The van der Waals surface area contributed by atoms with Crippen molar-refractivity contribution in [3.63, 3.8) is 0 Å². The van der Waals surface area contributed by atoms with Gasteiger partial charge in [-0.05, 0) is 46.1 Å². The van der Waals surface area contributed by atoms with E-state index in [1.807, 2.05) is 0 Å². The first-order chi connectivity index (χ1) is 15.3. The van der Waals surface area contributed by atoms with E-state index >= 15 is 0 Å². The van der Waals surface area contributed by atoms with Crippen LogP contribution in [-0.2, 0) is 19.1 Å². The number of nitriles is 1. The van der Waals surface area contributed by atoms with E-state index in [0.717, 1.165) is 7.11 Å². The smallest absolute Gasteiger partial charge is 0.355 e. The monoisotopic (exact) mass is 499 g/mol. The minimum absolute atomic E-state index is 0.0260. The molecule has 0 spiro atoms. The van der Waals surface area contributed by atoms with Crippen LogP contribution in [-0.4, -0.2) is 26.2 Å². The number of carbonyl (C=O) groups is 2. The van der Waals surface area contributed by atoms with Crippen molar-refractivity contribution in [1.82, 2.24) is 0 Å². The minimum Gasteiger partial charge on any atom is -0.466 e. The van der Waals surface area contributed by atoms with E-state index in [1.165, 1.54) is 31.1 Å². The fourth-order valence-electron chi connectivity index (χ4n) is 3.58. The molecule has 9 heteroatoms. The Kier molecular flexibility index (Phi) is 6.65. The van der Waals surface area contributed by atoms with E-state index in [4.69, 9.17) is 15.2 Å². The molecule has 0 aliphatic carbocycles. The number of allylic oxidation sites excluding steroid dienone is 1. The normalized spacial score (nSPS) is 16.0. The Balaban J connectivity index is 2.46. The molecule has 0 amide bonds. The van der Waals surface area contributed by atoms with E-state index in [2.05, 4.69) is 22.0 Å². The van der Waals surface area contributed by atoms with Crippen LogP contribution in [0.4, 0.5) is 10.1 Å². The van der Waals surface area contributed by atoms with Crippen molar-refractivity contribution in [2.75, 3.05) is 19.1 Å². The van der Waals surface area contributed by atoms with Crippen molar-refractivity contribution >= 4 is 33.6 Å². The maximum absolute atomic E-state index is 14.1. The first-order valence-corrected chi connectivity index (χ1v) is 10.2. The zero-order valence-electron chi connectivity index (χ0n) is 17.5.